The van der Waals surface area contributed by atoms with E-state index in [9.17, 15) is 28.2 Å². The number of hydrogen-bond donors (Lipinski definition) is 3. The lowest BCUT2D eigenvalue weighted by Gasteiger charge is -2.36. The molecule has 2 saturated heterocycles. The van der Waals surface area contributed by atoms with Crippen LogP contribution in [0, 0.1) is 6.92 Å². The third kappa shape index (κ3) is 6.49. The highest BCUT2D eigenvalue weighted by molar-refractivity contribution is 7.91. The summed E-state index contributed by atoms with van der Waals surface area (Å²) in [6.07, 6.45) is 2.69. The number of carbonyl (C=O) groups excluding carboxylic acids is 1. The highest BCUT2D eigenvalue weighted by atomic mass is 32.2. The number of anilines is 4. The van der Waals surface area contributed by atoms with E-state index in [-0.39, 0.29) is 41.5 Å². The molecule has 13 nitrogen and oxygen atoms in total. The van der Waals surface area contributed by atoms with Crippen LogP contribution in [0.25, 0.3) is 0 Å². The summed E-state index contributed by atoms with van der Waals surface area (Å²) in [7, 11) is -3.07. The summed E-state index contributed by atoms with van der Waals surface area (Å²) in [5.41, 5.74) is 2.97. The summed E-state index contributed by atoms with van der Waals surface area (Å²) in [5.74, 6) is 0.709. The number of hydrogen-bond acceptors (Lipinski definition) is 12. The summed E-state index contributed by atoms with van der Waals surface area (Å²) in [6, 6.07) is 7.41. The first-order valence-electron chi connectivity index (χ1n) is 14.7. The molecule has 0 aliphatic carbocycles. The van der Waals surface area contributed by atoms with Crippen molar-refractivity contribution in [3.05, 3.63) is 51.5 Å². The van der Waals surface area contributed by atoms with Gasteiger partial charge in [-0.1, -0.05) is 23.5 Å². The fourth-order valence-corrected chi connectivity index (χ4v) is 7.86. The second-order valence-corrected chi connectivity index (χ2v) is 14.7. The first-order chi connectivity index (χ1) is 21.1. The second-order valence-electron chi connectivity index (χ2n) is 11.4. The summed E-state index contributed by atoms with van der Waals surface area (Å²) in [5, 5.41) is 23.1. The van der Waals surface area contributed by atoms with E-state index in [1.54, 1.807) is 24.0 Å². The number of sulfone groups is 1. The van der Waals surface area contributed by atoms with E-state index >= 15 is 0 Å². The number of aliphatic hydroxyl groups excluding tert-OH is 1. The van der Waals surface area contributed by atoms with E-state index in [2.05, 4.69) is 20.1 Å². The molecule has 2 aromatic heterocycles. The van der Waals surface area contributed by atoms with E-state index in [1.807, 2.05) is 12.1 Å². The molecule has 1 aromatic carbocycles. The Labute approximate surface area is 259 Å². The molecule has 44 heavy (non-hydrogen) atoms. The maximum absolute atomic E-state index is 13.0. The number of aryl methyl sites for hydroxylation is 1. The average molecular weight is 642 g/mol. The molecule has 0 radical (unpaired) electrons. The number of carbonyl (C=O) groups is 2. The van der Waals surface area contributed by atoms with Gasteiger partial charge in [0.1, 0.15) is 16.5 Å². The monoisotopic (exact) mass is 641 g/mol. The third-order valence-corrected chi connectivity index (χ3v) is 11.0. The normalized spacial score (nSPS) is 18.6. The van der Waals surface area contributed by atoms with E-state index in [0.717, 1.165) is 53.5 Å². The van der Waals surface area contributed by atoms with Crippen molar-refractivity contribution >= 4 is 55.8 Å². The van der Waals surface area contributed by atoms with Crippen LogP contribution in [0.15, 0.2) is 24.3 Å². The number of nitrogens with zero attached hydrogens (tertiary/aromatic N) is 6. The number of thiazole rings is 1. The SMILES string of the molecule is Cc1nc(Nc2nc(N3CCC(O)CC3)c3c(n2)N(Cc2ccc(C(=O)N4CCS(=O)(=O)CC4)cc2)CCC3)sc1C(=O)O. The van der Waals surface area contributed by atoms with E-state index in [1.165, 1.54) is 0 Å². The van der Waals surface area contributed by atoms with Crippen molar-refractivity contribution in [2.24, 2.45) is 0 Å². The number of piperidine rings is 1. The Morgan fingerprint density at radius 2 is 1.68 bits per heavy atom. The topological polar surface area (TPSA) is 169 Å². The molecule has 1 amide bonds. The molecule has 0 saturated carbocycles. The number of carboxylic acids is 1. The van der Waals surface area contributed by atoms with Crippen LogP contribution in [0.4, 0.5) is 22.7 Å². The average Bonchev–Trinajstić information content (AvgIpc) is 3.37. The minimum Gasteiger partial charge on any atom is -0.477 e. The summed E-state index contributed by atoms with van der Waals surface area (Å²) in [4.78, 5) is 44.8. The Morgan fingerprint density at radius 3 is 2.34 bits per heavy atom. The van der Waals surface area contributed by atoms with Crippen molar-refractivity contribution in [2.75, 3.05) is 59.3 Å². The van der Waals surface area contributed by atoms with Gasteiger partial charge in [-0.3, -0.25) is 10.1 Å². The summed E-state index contributed by atoms with van der Waals surface area (Å²) < 4.78 is 23.5. The molecule has 0 atom stereocenters. The van der Waals surface area contributed by atoms with Gasteiger partial charge in [0.2, 0.25) is 5.95 Å². The molecular weight excluding hydrogens is 606 g/mol. The van der Waals surface area contributed by atoms with Crippen LogP contribution in [0.5, 0.6) is 0 Å². The smallest absolute Gasteiger partial charge is 0.347 e. The van der Waals surface area contributed by atoms with Crippen molar-refractivity contribution in [1.29, 1.82) is 0 Å². The molecule has 3 aromatic rings. The van der Waals surface area contributed by atoms with Gasteiger partial charge in [-0.2, -0.15) is 9.97 Å². The van der Waals surface area contributed by atoms with E-state index in [0.29, 0.717) is 54.8 Å². The van der Waals surface area contributed by atoms with Crippen LogP contribution >= 0.6 is 11.3 Å². The van der Waals surface area contributed by atoms with Crippen LogP contribution in [0.2, 0.25) is 0 Å². The molecule has 0 bridgehead atoms. The Balaban J connectivity index is 1.26. The van der Waals surface area contributed by atoms with Gasteiger partial charge in [-0.05, 0) is 50.3 Å². The molecule has 3 aliphatic rings. The highest BCUT2D eigenvalue weighted by Crippen LogP contribution is 2.36. The van der Waals surface area contributed by atoms with Crippen molar-refractivity contribution < 1.29 is 28.2 Å². The number of nitrogens with one attached hydrogen (secondary N) is 1. The zero-order chi connectivity index (χ0) is 31.0. The number of amides is 1. The van der Waals surface area contributed by atoms with Crippen LogP contribution in [-0.2, 0) is 22.8 Å². The first-order valence-corrected chi connectivity index (χ1v) is 17.4. The van der Waals surface area contributed by atoms with Gasteiger partial charge in [0, 0.05) is 50.4 Å². The van der Waals surface area contributed by atoms with E-state index < -0.39 is 15.8 Å². The van der Waals surface area contributed by atoms with Gasteiger partial charge in [-0.25, -0.2) is 18.2 Å². The zero-order valence-corrected chi connectivity index (χ0v) is 26.0. The van der Waals surface area contributed by atoms with Gasteiger partial charge in [0.15, 0.2) is 15.0 Å². The lowest BCUT2D eigenvalue weighted by molar-refractivity contribution is 0.0700. The quantitative estimate of drug-likeness (QED) is 0.345. The van der Waals surface area contributed by atoms with Crippen molar-refractivity contribution in [3.8, 4) is 0 Å². The molecule has 234 valence electrons. The standard InChI is InChI=1S/C29H35N7O6S2/c1-18-23(27(39)40)43-29(30-18)33-28-31-24(34-11-8-21(37)9-12-34)22-3-2-10-36(25(22)32-28)17-19-4-6-20(7-5-19)26(38)35-13-15-44(41,42)16-14-35/h4-7,21,37H,2-3,8-17H2,1H3,(H,39,40)(H,30,31,32,33). The molecule has 2 fully saturated rings. The number of carboxylic acid groups (broad SMARTS) is 1. The first kappa shape index (κ1) is 30.2. The maximum Gasteiger partial charge on any atom is 0.347 e. The number of aromatic nitrogens is 3. The lowest BCUT2D eigenvalue weighted by atomic mass is 10.0. The van der Waals surface area contributed by atoms with Crippen LogP contribution < -0.4 is 15.1 Å². The fraction of sp³-hybridized carbons (Fsp3) is 0.483. The van der Waals surface area contributed by atoms with E-state index in [4.69, 9.17) is 9.97 Å². The fourth-order valence-electron chi connectivity index (χ4n) is 5.86. The van der Waals surface area contributed by atoms with Gasteiger partial charge in [0.25, 0.3) is 5.91 Å². The van der Waals surface area contributed by atoms with Crippen LogP contribution in [-0.4, -0.2) is 101 Å². The Bertz CT molecular complexity index is 1660. The maximum atomic E-state index is 13.0. The van der Waals surface area contributed by atoms with Crippen molar-refractivity contribution in [2.45, 2.75) is 45.3 Å². The largest absolute Gasteiger partial charge is 0.477 e. The number of aromatic carboxylic acids is 1. The second kappa shape index (κ2) is 12.3. The van der Waals surface area contributed by atoms with Gasteiger partial charge in [0.05, 0.1) is 23.3 Å². The van der Waals surface area contributed by atoms with Gasteiger partial charge < -0.3 is 24.9 Å². The number of rotatable bonds is 7. The third-order valence-electron chi connectivity index (χ3n) is 8.30. The molecule has 3 N–H and O–H groups in total. The molecule has 6 rings (SSSR count). The summed E-state index contributed by atoms with van der Waals surface area (Å²) >= 11 is 1.04. The minimum absolute atomic E-state index is 0.00717. The highest BCUT2D eigenvalue weighted by Gasteiger charge is 2.29. The Hall–Kier alpha value is -3.82. The molecule has 5 heterocycles. The summed E-state index contributed by atoms with van der Waals surface area (Å²) in [6.45, 7) is 4.73. The van der Waals surface area contributed by atoms with Gasteiger partial charge in [-0.15, -0.1) is 0 Å². The molecule has 3 aliphatic heterocycles. The van der Waals surface area contributed by atoms with Gasteiger partial charge >= 0.3 is 5.97 Å². The molecular formula is C29H35N7O6S2. The Morgan fingerprint density at radius 1 is 1.00 bits per heavy atom. The van der Waals surface area contributed by atoms with Crippen LogP contribution in [0.1, 0.15) is 56.1 Å². The number of fused-ring (bicyclic) bond motifs is 1. The van der Waals surface area contributed by atoms with Crippen LogP contribution in [0.3, 0.4) is 0 Å². The number of benzene rings is 1. The Kier molecular flexibility index (Phi) is 8.44. The van der Waals surface area contributed by atoms with Crippen molar-refractivity contribution in [1.82, 2.24) is 19.9 Å². The predicted molar refractivity (Wildman–Crippen MR) is 167 cm³/mol. The molecule has 0 spiro atoms. The molecule has 0 unspecified atom stereocenters. The predicted octanol–water partition coefficient (Wildman–Crippen LogP) is 2.47. The lowest BCUT2D eigenvalue weighted by Crippen LogP contribution is -2.43. The van der Waals surface area contributed by atoms with Crippen molar-refractivity contribution in [3.63, 3.8) is 0 Å². The molecule has 15 heteroatoms. The minimum atomic E-state index is -3.07. The number of aliphatic hydroxyl groups is 1. The zero-order valence-electron chi connectivity index (χ0n) is 24.4.